The number of rotatable bonds is 5. The van der Waals surface area contributed by atoms with E-state index < -0.39 is 4.92 Å². The van der Waals surface area contributed by atoms with Gasteiger partial charge in [0.1, 0.15) is 5.69 Å². The number of nitro benzene ring substituents is 1. The minimum Gasteiger partial charge on any atom is -0.377 e. The van der Waals surface area contributed by atoms with Gasteiger partial charge in [0.15, 0.2) is 0 Å². The zero-order chi connectivity index (χ0) is 18.5. The van der Waals surface area contributed by atoms with Gasteiger partial charge >= 0.3 is 0 Å². The van der Waals surface area contributed by atoms with E-state index in [9.17, 15) is 10.1 Å². The second-order valence-corrected chi connectivity index (χ2v) is 6.86. The maximum atomic E-state index is 11.2. The summed E-state index contributed by atoms with van der Waals surface area (Å²) in [5, 5.41) is 24.2. The highest BCUT2D eigenvalue weighted by Gasteiger charge is 2.22. The molecule has 0 radical (unpaired) electrons. The lowest BCUT2D eigenvalue weighted by molar-refractivity contribution is -0.384. The molecule has 3 rings (SSSR count). The summed E-state index contributed by atoms with van der Waals surface area (Å²) in [5.74, 6) is 0. The van der Waals surface area contributed by atoms with Crippen LogP contribution < -0.4 is 5.32 Å². The van der Waals surface area contributed by atoms with E-state index in [0.29, 0.717) is 11.3 Å². The van der Waals surface area contributed by atoms with Crippen molar-refractivity contribution in [1.29, 1.82) is 5.26 Å². The number of halogens is 1. The molecule has 7 heteroatoms. The Morgan fingerprint density at radius 1 is 1.23 bits per heavy atom. The molecule has 2 aromatic carbocycles. The Hall–Kier alpha value is -2.62. The summed E-state index contributed by atoms with van der Waals surface area (Å²) in [4.78, 5) is 13.2. The molecule has 2 aromatic rings. The fourth-order valence-electron chi connectivity index (χ4n) is 3.18. The number of nitrogens with zero attached hydrogens (tertiary/aromatic N) is 3. The highest BCUT2D eigenvalue weighted by molar-refractivity contribution is 6.30. The highest BCUT2D eigenvalue weighted by Crippen LogP contribution is 2.28. The third-order valence-electron chi connectivity index (χ3n) is 4.59. The standard InChI is InChI=1S/C19H19ClN4O2/c20-16-4-1-14(2-5-16)13-23-9-7-17(8-10-23)22-18-11-15(12-21)3-6-19(18)24(25)26/h1-6,11,17,22H,7-10,13H2. The van der Waals surface area contributed by atoms with Crippen LogP contribution in [0.1, 0.15) is 24.0 Å². The molecular formula is C19H19ClN4O2. The predicted molar refractivity (Wildman–Crippen MR) is 101 cm³/mol. The molecule has 1 heterocycles. The lowest BCUT2D eigenvalue weighted by atomic mass is 10.0. The molecule has 1 aliphatic heterocycles. The fraction of sp³-hybridized carbons (Fsp3) is 0.316. The molecule has 0 bridgehead atoms. The van der Waals surface area contributed by atoms with E-state index >= 15 is 0 Å². The smallest absolute Gasteiger partial charge is 0.292 e. The van der Waals surface area contributed by atoms with Crippen LogP contribution in [-0.4, -0.2) is 29.0 Å². The van der Waals surface area contributed by atoms with Crippen molar-refractivity contribution in [1.82, 2.24) is 4.90 Å². The fourth-order valence-corrected chi connectivity index (χ4v) is 3.31. The normalized spacial score (nSPS) is 15.4. The van der Waals surface area contributed by atoms with Gasteiger partial charge in [-0.05, 0) is 42.7 Å². The Kier molecular flexibility index (Phi) is 5.71. The van der Waals surface area contributed by atoms with E-state index in [1.165, 1.54) is 17.7 Å². The summed E-state index contributed by atoms with van der Waals surface area (Å²) in [6, 6.07) is 14.4. The number of benzene rings is 2. The molecule has 1 N–H and O–H groups in total. The summed E-state index contributed by atoms with van der Waals surface area (Å²) >= 11 is 5.92. The molecule has 26 heavy (non-hydrogen) atoms. The average molecular weight is 371 g/mol. The average Bonchev–Trinajstić information content (AvgIpc) is 2.65. The van der Waals surface area contributed by atoms with Crippen molar-refractivity contribution in [3.63, 3.8) is 0 Å². The first-order valence-corrected chi connectivity index (χ1v) is 8.85. The van der Waals surface area contributed by atoms with Gasteiger partial charge in [0.05, 0.1) is 16.6 Å². The van der Waals surface area contributed by atoms with Crippen molar-refractivity contribution in [3.8, 4) is 6.07 Å². The van der Waals surface area contributed by atoms with Crippen LogP contribution in [0.4, 0.5) is 11.4 Å². The van der Waals surface area contributed by atoms with Crippen LogP contribution in [0.25, 0.3) is 0 Å². The van der Waals surface area contributed by atoms with Crippen molar-refractivity contribution in [2.24, 2.45) is 0 Å². The quantitative estimate of drug-likeness (QED) is 0.630. The maximum Gasteiger partial charge on any atom is 0.292 e. The van der Waals surface area contributed by atoms with Gasteiger partial charge in [-0.2, -0.15) is 5.26 Å². The largest absolute Gasteiger partial charge is 0.377 e. The van der Waals surface area contributed by atoms with Crippen LogP contribution in [0.3, 0.4) is 0 Å². The Morgan fingerprint density at radius 3 is 2.54 bits per heavy atom. The lowest BCUT2D eigenvalue weighted by Crippen LogP contribution is -2.38. The molecule has 0 aromatic heterocycles. The van der Waals surface area contributed by atoms with Crippen molar-refractivity contribution >= 4 is 23.0 Å². The van der Waals surface area contributed by atoms with E-state index in [-0.39, 0.29) is 11.7 Å². The number of nitriles is 1. The third kappa shape index (κ3) is 4.51. The second-order valence-electron chi connectivity index (χ2n) is 6.42. The number of likely N-dealkylation sites (tertiary alicyclic amines) is 1. The van der Waals surface area contributed by atoms with Gasteiger partial charge in [0.2, 0.25) is 0 Å². The number of piperidine rings is 1. The zero-order valence-electron chi connectivity index (χ0n) is 14.2. The van der Waals surface area contributed by atoms with Crippen LogP contribution >= 0.6 is 11.6 Å². The van der Waals surface area contributed by atoms with E-state index in [1.54, 1.807) is 6.07 Å². The monoisotopic (exact) mass is 370 g/mol. The first kappa shape index (κ1) is 18.2. The first-order valence-electron chi connectivity index (χ1n) is 8.47. The molecular weight excluding hydrogens is 352 g/mol. The molecule has 0 atom stereocenters. The highest BCUT2D eigenvalue weighted by atomic mass is 35.5. The van der Waals surface area contributed by atoms with Crippen molar-refractivity contribution in [3.05, 3.63) is 68.7 Å². The number of anilines is 1. The number of hydrogen-bond acceptors (Lipinski definition) is 5. The predicted octanol–water partition coefficient (Wildman–Crippen LogP) is 4.20. The minimum absolute atomic E-state index is 0.00703. The van der Waals surface area contributed by atoms with Gasteiger partial charge in [-0.15, -0.1) is 0 Å². The molecule has 0 amide bonds. The summed E-state index contributed by atoms with van der Waals surface area (Å²) in [5.41, 5.74) is 2.06. The first-order chi connectivity index (χ1) is 12.5. The van der Waals surface area contributed by atoms with E-state index in [4.69, 9.17) is 16.9 Å². The van der Waals surface area contributed by atoms with Crippen molar-refractivity contribution in [2.75, 3.05) is 18.4 Å². The number of nitrogens with one attached hydrogen (secondary N) is 1. The van der Waals surface area contributed by atoms with E-state index in [2.05, 4.69) is 10.2 Å². The molecule has 0 aliphatic carbocycles. The van der Waals surface area contributed by atoms with Crippen molar-refractivity contribution in [2.45, 2.75) is 25.4 Å². The van der Waals surface area contributed by atoms with Crippen LogP contribution in [0.2, 0.25) is 5.02 Å². The van der Waals surface area contributed by atoms with Crippen LogP contribution in [0.5, 0.6) is 0 Å². The van der Waals surface area contributed by atoms with Crippen LogP contribution in [0, 0.1) is 21.4 Å². The molecule has 1 saturated heterocycles. The summed E-state index contributed by atoms with van der Waals surface area (Å²) < 4.78 is 0. The summed E-state index contributed by atoms with van der Waals surface area (Å²) in [7, 11) is 0. The van der Waals surface area contributed by atoms with Crippen LogP contribution in [-0.2, 0) is 6.54 Å². The molecule has 0 spiro atoms. The zero-order valence-corrected chi connectivity index (χ0v) is 14.9. The molecule has 6 nitrogen and oxygen atoms in total. The molecule has 1 fully saturated rings. The van der Waals surface area contributed by atoms with Gasteiger partial charge in [0.25, 0.3) is 5.69 Å². The van der Waals surface area contributed by atoms with Gasteiger partial charge in [-0.25, -0.2) is 0 Å². The lowest BCUT2D eigenvalue weighted by Gasteiger charge is -2.32. The van der Waals surface area contributed by atoms with Gasteiger partial charge in [-0.1, -0.05) is 23.7 Å². The van der Waals surface area contributed by atoms with Gasteiger partial charge in [-0.3, -0.25) is 15.0 Å². The van der Waals surface area contributed by atoms with Crippen LogP contribution in [0.15, 0.2) is 42.5 Å². The SMILES string of the molecule is N#Cc1ccc([N+](=O)[O-])c(NC2CCN(Cc3ccc(Cl)cc3)CC2)c1. The number of hydrogen-bond donors (Lipinski definition) is 1. The maximum absolute atomic E-state index is 11.2. The van der Waals surface area contributed by atoms with Crippen molar-refractivity contribution < 1.29 is 4.92 Å². The molecule has 0 unspecified atom stereocenters. The molecule has 0 saturated carbocycles. The Bertz CT molecular complexity index is 824. The minimum atomic E-state index is -0.418. The Balaban J connectivity index is 1.59. The Morgan fingerprint density at radius 2 is 1.92 bits per heavy atom. The van der Waals surface area contributed by atoms with E-state index in [0.717, 1.165) is 37.5 Å². The van der Waals surface area contributed by atoms with Gasteiger partial charge in [0, 0.05) is 36.8 Å². The summed E-state index contributed by atoms with van der Waals surface area (Å²) in [6.07, 6.45) is 1.78. The Labute approximate surface area is 157 Å². The third-order valence-corrected chi connectivity index (χ3v) is 4.84. The summed E-state index contributed by atoms with van der Waals surface area (Å²) in [6.45, 7) is 2.69. The van der Waals surface area contributed by atoms with E-state index in [1.807, 2.05) is 30.3 Å². The molecule has 1 aliphatic rings. The number of nitro groups is 1. The second kappa shape index (κ2) is 8.17. The topological polar surface area (TPSA) is 82.2 Å². The molecule has 134 valence electrons. The van der Waals surface area contributed by atoms with Gasteiger partial charge < -0.3 is 5.32 Å².